The van der Waals surface area contributed by atoms with Gasteiger partial charge in [-0.3, -0.25) is 5.32 Å². The molecule has 0 saturated heterocycles. The largest absolute Gasteiger partial charge is 0.377 e. The van der Waals surface area contributed by atoms with Gasteiger partial charge < -0.3 is 9.64 Å². The van der Waals surface area contributed by atoms with Crippen LogP contribution in [0.5, 0.6) is 0 Å². The van der Waals surface area contributed by atoms with Crippen molar-refractivity contribution in [2.45, 2.75) is 58.7 Å². The number of rotatable bonds is 9. The van der Waals surface area contributed by atoms with Crippen LogP contribution in [0.4, 0.5) is 0 Å². The third-order valence-electron chi connectivity index (χ3n) is 2.77. The van der Waals surface area contributed by atoms with Gasteiger partial charge in [-0.1, -0.05) is 0 Å². The van der Waals surface area contributed by atoms with Gasteiger partial charge in [-0.15, -0.1) is 0 Å². The van der Waals surface area contributed by atoms with Gasteiger partial charge in [0.2, 0.25) is 0 Å². The molecule has 0 spiro atoms. The molecule has 1 unspecified atom stereocenters. The van der Waals surface area contributed by atoms with Crippen molar-refractivity contribution in [3.63, 3.8) is 0 Å². The summed E-state index contributed by atoms with van der Waals surface area (Å²) in [6.45, 7) is 12.7. The van der Waals surface area contributed by atoms with E-state index in [-0.39, 0.29) is 6.10 Å². The lowest BCUT2D eigenvalue weighted by Gasteiger charge is -2.28. The predicted octanol–water partition coefficient (Wildman–Crippen LogP) is 2.01. The van der Waals surface area contributed by atoms with Crippen molar-refractivity contribution in [1.82, 2.24) is 10.2 Å². The SMILES string of the molecule is CC(C)NC(C)(C#N)CCN(C)CCOC(C)C. The fourth-order valence-corrected chi connectivity index (χ4v) is 1.77. The van der Waals surface area contributed by atoms with Crippen molar-refractivity contribution in [2.75, 3.05) is 26.7 Å². The molecule has 0 amide bonds. The fourth-order valence-electron chi connectivity index (χ4n) is 1.77. The van der Waals surface area contributed by atoms with Crippen molar-refractivity contribution in [3.05, 3.63) is 0 Å². The maximum atomic E-state index is 9.24. The Morgan fingerprint density at radius 3 is 2.33 bits per heavy atom. The maximum Gasteiger partial charge on any atom is 0.105 e. The summed E-state index contributed by atoms with van der Waals surface area (Å²) in [6, 6.07) is 2.69. The number of nitrogens with zero attached hydrogens (tertiary/aromatic N) is 2. The van der Waals surface area contributed by atoms with Gasteiger partial charge in [0.05, 0.1) is 18.8 Å². The van der Waals surface area contributed by atoms with Gasteiger partial charge in [-0.25, -0.2) is 0 Å². The van der Waals surface area contributed by atoms with Crippen molar-refractivity contribution >= 4 is 0 Å². The second-order valence-corrected chi connectivity index (χ2v) is 5.72. The van der Waals surface area contributed by atoms with Gasteiger partial charge in [-0.2, -0.15) is 5.26 Å². The number of hydrogen-bond donors (Lipinski definition) is 1. The van der Waals surface area contributed by atoms with Crippen LogP contribution in [0.3, 0.4) is 0 Å². The van der Waals surface area contributed by atoms with Crippen LogP contribution in [-0.4, -0.2) is 49.3 Å². The summed E-state index contributed by atoms with van der Waals surface area (Å²) in [5.74, 6) is 0. The Labute approximate surface area is 112 Å². The molecule has 18 heavy (non-hydrogen) atoms. The van der Waals surface area contributed by atoms with Crippen LogP contribution in [-0.2, 0) is 4.74 Å². The lowest BCUT2D eigenvalue weighted by molar-refractivity contribution is 0.0628. The highest BCUT2D eigenvalue weighted by Gasteiger charge is 2.24. The van der Waals surface area contributed by atoms with E-state index in [1.807, 2.05) is 20.8 Å². The van der Waals surface area contributed by atoms with Crippen LogP contribution >= 0.6 is 0 Å². The first-order chi connectivity index (χ1) is 8.29. The van der Waals surface area contributed by atoms with E-state index in [1.165, 1.54) is 0 Å². The molecule has 1 N–H and O–H groups in total. The molecule has 0 fully saturated rings. The Hall–Kier alpha value is -0.630. The molecule has 0 aromatic rings. The van der Waals surface area contributed by atoms with E-state index in [4.69, 9.17) is 4.74 Å². The predicted molar refractivity (Wildman–Crippen MR) is 75.5 cm³/mol. The molecule has 0 aromatic heterocycles. The molecule has 0 aliphatic rings. The van der Waals surface area contributed by atoms with Crippen LogP contribution in [0, 0.1) is 11.3 Å². The summed E-state index contributed by atoms with van der Waals surface area (Å²) in [6.07, 6.45) is 1.10. The van der Waals surface area contributed by atoms with Crippen LogP contribution in [0.2, 0.25) is 0 Å². The van der Waals surface area contributed by atoms with E-state index >= 15 is 0 Å². The zero-order valence-electron chi connectivity index (χ0n) is 12.8. The molecular formula is C14H29N3O. The summed E-state index contributed by atoms with van der Waals surface area (Å²) >= 11 is 0. The van der Waals surface area contributed by atoms with Gasteiger partial charge in [-0.05, 0) is 48.1 Å². The number of hydrogen-bond acceptors (Lipinski definition) is 4. The first-order valence-corrected chi connectivity index (χ1v) is 6.78. The monoisotopic (exact) mass is 255 g/mol. The average molecular weight is 255 g/mol. The molecule has 0 rings (SSSR count). The Kier molecular flexibility index (Phi) is 8.17. The fraction of sp³-hybridized carbons (Fsp3) is 0.929. The molecule has 106 valence electrons. The number of nitrogens with one attached hydrogen (secondary N) is 1. The van der Waals surface area contributed by atoms with Crippen molar-refractivity contribution < 1.29 is 4.74 Å². The number of likely N-dealkylation sites (N-methyl/N-ethyl adjacent to an activating group) is 1. The first kappa shape index (κ1) is 17.4. The zero-order valence-corrected chi connectivity index (χ0v) is 12.8. The summed E-state index contributed by atoms with van der Waals surface area (Å²) in [5.41, 5.74) is -0.443. The normalized spacial score (nSPS) is 15.1. The molecule has 0 radical (unpaired) electrons. The highest BCUT2D eigenvalue weighted by molar-refractivity contribution is 5.04. The summed E-state index contributed by atoms with van der Waals surface area (Å²) < 4.78 is 5.51. The standard InChI is InChI=1S/C14H29N3O/c1-12(2)16-14(5,11-15)7-8-17(6)9-10-18-13(3)4/h12-13,16H,7-10H2,1-6H3. The van der Waals surface area contributed by atoms with E-state index in [1.54, 1.807) is 0 Å². The third-order valence-corrected chi connectivity index (χ3v) is 2.77. The highest BCUT2D eigenvalue weighted by Crippen LogP contribution is 2.10. The second-order valence-electron chi connectivity index (χ2n) is 5.72. The van der Waals surface area contributed by atoms with Crippen LogP contribution < -0.4 is 5.32 Å². The Morgan fingerprint density at radius 1 is 1.28 bits per heavy atom. The smallest absolute Gasteiger partial charge is 0.105 e. The average Bonchev–Trinajstić information content (AvgIpc) is 2.25. The quantitative estimate of drug-likeness (QED) is 0.685. The minimum absolute atomic E-state index is 0.283. The molecule has 0 bridgehead atoms. The zero-order chi connectivity index (χ0) is 14.2. The van der Waals surface area contributed by atoms with Crippen molar-refractivity contribution in [1.29, 1.82) is 5.26 Å². The molecule has 0 saturated carbocycles. The minimum atomic E-state index is -0.443. The van der Waals surface area contributed by atoms with Gasteiger partial charge in [0.15, 0.2) is 0 Å². The summed E-state index contributed by atoms with van der Waals surface area (Å²) in [5, 5.41) is 12.6. The van der Waals surface area contributed by atoms with E-state index in [0.29, 0.717) is 6.04 Å². The lowest BCUT2D eigenvalue weighted by Crippen LogP contribution is -2.47. The Bertz CT molecular complexity index is 260. The van der Waals surface area contributed by atoms with Crippen molar-refractivity contribution in [2.24, 2.45) is 0 Å². The Balaban J connectivity index is 3.94. The summed E-state index contributed by atoms with van der Waals surface area (Å²) in [4.78, 5) is 2.21. The number of ether oxygens (including phenoxy) is 1. The van der Waals surface area contributed by atoms with Gasteiger partial charge in [0, 0.05) is 19.1 Å². The second kappa shape index (κ2) is 8.47. The third kappa shape index (κ3) is 8.46. The minimum Gasteiger partial charge on any atom is -0.377 e. The molecular weight excluding hydrogens is 226 g/mol. The van der Waals surface area contributed by atoms with Crippen LogP contribution in [0.15, 0.2) is 0 Å². The van der Waals surface area contributed by atoms with Gasteiger partial charge in [0.1, 0.15) is 5.54 Å². The first-order valence-electron chi connectivity index (χ1n) is 6.78. The van der Waals surface area contributed by atoms with E-state index in [2.05, 4.69) is 37.2 Å². The number of nitriles is 1. The molecule has 0 aliphatic heterocycles. The topological polar surface area (TPSA) is 48.3 Å². The van der Waals surface area contributed by atoms with E-state index < -0.39 is 5.54 Å². The maximum absolute atomic E-state index is 9.24. The highest BCUT2D eigenvalue weighted by atomic mass is 16.5. The molecule has 0 aliphatic carbocycles. The molecule has 0 aromatic carbocycles. The van der Waals surface area contributed by atoms with E-state index in [9.17, 15) is 5.26 Å². The van der Waals surface area contributed by atoms with Gasteiger partial charge in [0.25, 0.3) is 0 Å². The van der Waals surface area contributed by atoms with Crippen LogP contribution in [0.25, 0.3) is 0 Å². The van der Waals surface area contributed by atoms with Crippen LogP contribution in [0.1, 0.15) is 41.0 Å². The molecule has 4 heteroatoms. The Morgan fingerprint density at radius 2 is 1.89 bits per heavy atom. The summed E-state index contributed by atoms with van der Waals surface area (Å²) in [7, 11) is 2.07. The molecule has 4 nitrogen and oxygen atoms in total. The lowest BCUT2D eigenvalue weighted by atomic mass is 9.98. The van der Waals surface area contributed by atoms with Crippen molar-refractivity contribution in [3.8, 4) is 6.07 Å². The molecule has 1 atom stereocenters. The van der Waals surface area contributed by atoms with Gasteiger partial charge >= 0.3 is 0 Å². The van der Waals surface area contributed by atoms with E-state index in [0.717, 1.165) is 26.1 Å². The molecule has 0 heterocycles.